The smallest absolute Gasteiger partial charge is 0.394 e. The minimum Gasteiger partial charge on any atom is -0.394 e. The van der Waals surface area contributed by atoms with Crippen LogP contribution in [-0.4, -0.2) is 149 Å². The van der Waals surface area contributed by atoms with Crippen molar-refractivity contribution in [3.05, 3.63) is 54.8 Å². The molecule has 36 nitrogen and oxygen atoms in total. The Morgan fingerprint density at radius 1 is 0.689 bits per heavy atom. The van der Waals surface area contributed by atoms with Crippen LogP contribution in [0.1, 0.15) is 23.5 Å². The van der Waals surface area contributed by atoms with Gasteiger partial charge in [0.1, 0.15) is 48.5 Å². The number of rotatable bonds is 12. The highest BCUT2D eigenvalue weighted by Gasteiger charge is 2.45. The lowest BCUT2D eigenvalue weighted by atomic mass is 10.0. The minimum atomic E-state index is -5.46. The van der Waals surface area contributed by atoms with Crippen LogP contribution in [0.2, 0.25) is 0 Å². The number of nitrogens with two attached hydrogens (primary N) is 1. The van der Waals surface area contributed by atoms with Crippen molar-refractivity contribution in [2.45, 2.75) is 55.9 Å². The number of phosphoric acid groups is 6. The largest absolute Gasteiger partial charge is 0.490 e. The molecule has 20 N–H and O–H groups in total. The van der Waals surface area contributed by atoms with Crippen LogP contribution in [0.5, 0.6) is 0 Å². The Hall–Kier alpha value is -2.14. The molecule has 4 heterocycles. The molecule has 2 aliphatic rings. The maximum atomic E-state index is 11.7. The third-order valence-corrected chi connectivity index (χ3v) is 13.2. The van der Waals surface area contributed by atoms with E-state index in [1.165, 1.54) is 6.20 Å². The van der Waals surface area contributed by atoms with E-state index in [-0.39, 0.29) is 11.4 Å². The van der Waals surface area contributed by atoms with Crippen molar-refractivity contribution in [2.75, 3.05) is 18.9 Å². The van der Waals surface area contributed by atoms with Gasteiger partial charge in [-0.1, -0.05) is 0 Å². The molecule has 2 aromatic heterocycles. The number of H-pyrrole nitrogens is 2. The van der Waals surface area contributed by atoms with Gasteiger partial charge in [0.2, 0.25) is 0 Å². The van der Waals surface area contributed by atoms with Gasteiger partial charge in [-0.05, 0) is 6.92 Å². The van der Waals surface area contributed by atoms with Crippen LogP contribution in [0.25, 0.3) is 0 Å². The van der Waals surface area contributed by atoms with E-state index in [4.69, 9.17) is 74.4 Å². The first kappa shape index (κ1) is 56.9. The topological polar surface area (TPSA) is 608 Å². The number of ether oxygens (including phenoxy) is 2. The zero-order valence-corrected chi connectivity index (χ0v) is 35.0. The summed E-state index contributed by atoms with van der Waals surface area (Å²) in [4.78, 5) is 122. The molecule has 4 rings (SSSR count). The van der Waals surface area contributed by atoms with Gasteiger partial charge in [-0.25, -0.2) is 37.0 Å². The van der Waals surface area contributed by atoms with Crippen molar-refractivity contribution < 1.29 is 134 Å². The van der Waals surface area contributed by atoms with E-state index >= 15 is 0 Å². The molecule has 0 aromatic carbocycles. The molecule has 0 amide bonds. The Bertz CT molecular complexity index is 2140. The van der Waals surface area contributed by atoms with Crippen LogP contribution in [0.3, 0.4) is 0 Å². The van der Waals surface area contributed by atoms with Crippen molar-refractivity contribution >= 4 is 52.8 Å². The van der Waals surface area contributed by atoms with Gasteiger partial charge in [0.25, 0.3) is 5.56 Å². The number of aryl methyl sites for hydroxylation is 1. The van der Waals surface area contributed by atoms with E-state index < -0.39 is 126 Å². The summed E-state index contributed by atoms with van der Waals surface area (Å²) >= 11 is 0. The summed E-state index contributed by atoms with van der Waals surface area (Å²) in [5, 5.41) is 56.5. The predicted molar refractivity (Wildman–Crippen MR) is 187 cm³/mol. The lowest BCUT2D eigenvalue weighted by Gasteiger charge is -2.17. The van der Waals surface area contributed by atoms with E-state index in [1.54, 1.807) is 6.92 Å². The third-order valence-electron chi connectivity index (χ3n) is 6.50. The summed E-state index contributed by atoms with van der Waals surface area (Å²) in [5.41, 5.74) is 3.96. The average Bonchev–Trinajstić information content (AvgIpc) is 3.48. The van der Waals surface area contributed by atoms with Crippen LogP contribution < -0.4 is 22.7 Å². The highest BCUT2D eigenvalue weighted by atomic mass is 31.3. The van der Waals surface area contributed by atoms with Crippen LogP contribution in [-0.2, 0) is 54.1 Å². The first-order chi connectivity index (χ1) is 27.3. The van der Waals surface area contributed by atoms with Crippen molar-refractivity contribution in [1.29, 1.82) is 0 Å². The van der Waals surface area contributed by atoms with E-state index in [9.17, 15) is 62.2 Å². The molecule has 0 bridgehead atoms. The molecule has 0 spiro atoms. The van der Waals surface area contributed by atoms with Gasteiger partial charge in [-0.3, -0.25) is 14.3 Å². The second kappa shape index (κ2) is 22.2. The number of aromatic amines is 2. The Labute approximate surface area is 335 Å². The molecule has 61 heavy (non-hydrogen) atoms. The number of hydrogen-bond acceptors (Lipinski definition) is 23. The van der Waals surface area contributed by atoms with E-state index in [2.05, 4.69) is 27.2 Å². The van der Waals surface area contributed by atoms with Gasteiger partial charge < -0.3 is 99.8 Å². The maximum absolute atomic E-state index is 11.7. The van der Waals surface area contributed by atoms with Crippen LogP contribution >= 0.6 is 46.9 Å². The second-order valence-electron chi connectivity index (χ2n) is 11.2. The molecule has 8 atom stereocenters. The van der Waals surface area contributed by atoms with Crippen molar-refractivity contribution in [3.8, 4) is 0 Å². The zero-order valence-electron chi connectivity index (χ0n) is 29.6. The van der Waals surface area contributed by atoms with Crippen molar-refractivity contribution in [2.24, 2.45) is 0 Å². The molecule has 2 saturated heterocycles. The normalized spacial score (nSPS) is 24.7. The van der Waals surface area contributed by atoms with Gasteiger partial charge >= 0.3 is 58.3 Å². The van der Waals surface area contributed by atoms with Gasteiger partial charge in [0.15, 0.2) is 6.23 Å². The highest BCUT2D eigenvalue weighted by Crippen LogP contribution is 2.65. The molecule has 0 radical (unpaired) electrons. The summed E-state index contributed by atoms with van der Waals surface area (Å²) in [6.07, 6.45) is -6.74. The van der Waals surface area contributed by atoms with Gasteiger partial charge in [-0.2, -0.15) is 22.2 Å². The monoisotopic (exact) mass is 1020 g/mol. The fraction of sp³-hybridized carbons (Fsp3) is 0.579. The number of nitrogen functional groups attached to an aromatic ring is 1. The molecule has 0 unspecified atom stereocenters. The van der Waals surface area contributed by atoms with Crippen molar-refractivity contribution in [1.82, 2.24) is 19.5 Å². The Morgan fingerprint density at radius 3 is 1.43 bits per heavy atom. The number of aliphatic hydroxyl groups excluding tert-OH is 6. The molecule has 42 heteroatoms. The predicted octanol–water partition coefficient (Wildman–Crippen LogP) is -6.43. The molecule has 354 valence electrons. The number of nitrogens with zero attached hydrogens (tertiary/aromatic N) is 2. The summed E-state index contributed by atoms with van der Waals surface area (Å²) in [7, 11) is -32.3. The van der Waals surface area contributed by atoms with Crippen LogP contribution in [0.15, 0.2) is 26.8 Å². The fourth-order valence-electron chi connectivity index (χ4n) is 4.23. The number of hydrogen-bond donors (Lipinski definition) is 19. The van der Waals surface area contributed by atoms with Gasteiger partial charge in [0, 0.05) is 18.0 Å². The zero-order chi connectivity index (χ0) is 47.9. The third kappa shape index (κ3) is 20.1. The maximum Gasteiger partial charge on any atom is 0.490 e. The number of aromatic nitrogens is 4. The standard InChI is InChI=1S/C10H15N3O5.C9H12N2O6.2H5O10P3/c1-4-2-13(10(17)12-8(4)11)9-7(16)6(15)5(3-14)18-9;12-2-4-5(13)6(14)7(17-4)3-1-10-9(16)11-8(3)15;2*1-11(2,3)9-13(7,8)10-12(4,5)6/h2,5-7,9,14-16H,3H2,1H3,(H2,11,12,17);1,4-7,12-14H,2H2,(H2,10,11,15,16);2*(H,7,8)(H2,1,2,3)(H2,4,5,6)/t5-,6-,7-,9-;4-,5-,6-,7+;;/m11../s1. The molecule has 2 aromatic rings. The van der Waals surface area contributed by atoms with Gasteiger partial charge in [0.05, 0.1) is 18.8 Å². The van der Waals surface area contributed by atoms with Crippen molar-refractivity contribution in [3.63, 3.8) is 0 Å². The van der Waals surface area contributed by atoms with Gasteiger partial charge in [-0.15, -0.1) is 0 Å². The first-order valence-corrected chi connectivity index (χ1v) is 24.1. The van der Waals surface area contributed by atoms with E-state index in [1.807, 2.05) is 4.98 Å². The van der Waals surface area contributed by atoms with E-state index in [0.717, 1.165) is 10.8 Å². The summed E-state index contributed by atoms with van der Waals surface area (Å²) in [6, 6.07) is 0. The van der Waals surface area contributed by atoms with Crippen LogP contribution in [0, 0.1) is 6.92 Å². The molecule has 2 fully saturated rings. The van der Waals surface area contributed by atoms with Crippen LogP contribution in [0.4, 0.5) is 5.82 Å². The SMILES string of the molecule is Cc1cn([C@@H]2O[C@H](CO)[C@@H](O)[C@H]2O)c(=O)nc1N.O=P(O)(O)OP(=O)(O)OP(=O)(O)O.O=P(O)(O)OP(=O)(O)OP(=O)(O)O.O=c1[nH]cc([C@@H]2O[C@H](CO)[C@@H](O)[C@H]2O)c(=O)[nH]1. The number of nitrogens with one attached hydrogen (secondary N) is 2. The molecule has 0 saturated carbocycles. The fourth-order valence-corrected chi connectivity index (χ4v) is 9.30. The first-order valence-electron chi connectivity index (χ1n) is 15.0. The summed E-state index contributed by atoms with van der Waals surface area (Å²) in [6.45, 7) is 0.723. The molecule has 2 aliphatic heterocycles. The molecule has 0 aliphatic carbocycles. The minimum absolute atomic E-state index is 0.00731. The second-order valence-corrected chi connectivity index (χ2v) is 19.7. The lowest BCUT2D eigenvalue weighted by molar-refractivity contribution is -0.0550. The summed E-state index contributed by atoms with van der Waals surface area (Å²) < 4.78 is 84.2. The highest BCUT2D eigenvalue weighted by molar-refractivity contribution is 7.67. The summed E-state index contributed by atoms with van der Waals surface area (Å²) in [5.74, 6) is 0.1000. The quantitative estimate of drug-likeness (QED) is 0.0879. The molecular formula is C19H37N5O31P6. The Morgan fingerprint density at radius 2 is 1.08 bits per heavy atom. The number of aliphatic hydroxyl groups is 6. The molecular weight excluding hydrogens is 980 g/mol. The average molecular weight is 1020 g/mol. The van der Waals surface area contributed by atoms with E-state index in [0.29, 0.717) is 5.56 Å². The number of anilines is 1. The lowest BCUT2D eigenvalue weighted by Crippen LogP contribution is -2.36. The Balaban J connectivity index is 0.000000412. The Kier molecular flexibility index (Phi) is 20.7.